The van der Waals surface area contributed by atoms with Crippen molar-refractivity contribution < 1.29 is 4.74 Å². The van der Waals surface area contributed by atoms with Crippen LogP contribution in [0.15, 0.2) is 23.1 Å². The summed E-state index contributed by atoms with van der Waals surface area (Å²) in [6.45, 7) is 0.703. The van der Waals surface area contributed by atoms with Crippen molar-refractivity contribution in [1.29, 1.82) is 0 Å². The molecule has 0 amide bonds. The molecular weight excluding hydrogens is 138 g/mol. The Morgan fingerprint density at radius 2 is 2.56 bits per heavy atom. The number of hydrogen-bond donors (Lipinski definition) is 1. The normalized spacial score (nSPS) is 17.6. The summed E-state index contributed by atoms with van der Waals surface area (Å²) < 4.78 is 4.90. The van der Waals surface area contributed by atoms with Gasteiger partial charge in [-0.25, -0.2) is 0 Å². The maximum absolute atomic E-state index is 5.67. The molecule has 1 heterocycles. The van der Waals surface area contributed by atoms with E-state index in [1.54, 1.807) is 19.4 Å². The van der Waals surface area contributed by atoms with Crippen molar-refractivity contribution in [1.82, 2.24) is 5.32 Å². The lowest BCUT2D eigenvalue weighted by Gasteiger charge is -2.08. The van der Waals surface area contributed by atoms with Crippen LogP contribution in [0.3, 0.4) is 0 Å². The molecule has 0 atom stereocenters. The van der Waals surface area contributed by atoms with E-state index in [0.29, 0.717) is 6.54 Å². The molecule has 1 rings (SSSR count). The highest BCUT2D eigenvalue weighted by Gasteiger charge is 1.99. The van der Waals surface area contributed by atoms with Gasteiger partial charge in [-0.3, -0.25) is 0 Å². The zero-order valence-corrected chi connectivity index (χ0v) is 5.90. The second kappa shape index (κ2) is 2.78. The highest BCUT2D eigenvalue weighted by molar-refractivity contribution is 6.30. The fourth-order valence-corrected chi connectivity index (χ4v) is 0.799. The predicted molar refractivity (Wildman–Crippen MR) is 37.0 cm³/mol. The third-order valence-electron chi connectivity index (χ3n) is 1.05. The molecule has 0 spiro atoms. The molecule has 0 unspecified atom stereocenters. The van der Waals surface area contributed by atoms with E-state index in [1.165, 1.54) is 0 Å². The van der Waals surface area contributed by atoms with E-state index in [1.807, 2.05) is 0 Å². The van der Waals surface area contributed by atoms with Gasteiger partial charge in [-0.05, 0) is 6.08 Å². The molecule has 0 aromatic rings. The maximum atomic E-state index is 5.67. The fourth-order valence-electron chi connectivity index (χ4n) is 0.614. The lowest BCUT2D eigenvalue weighted by molar-refractivity contribution is 0.302. The first-order valence-corrected chi connectivity index (χ1v) is 3.04. The molecule has 0 bridgehead atoms. The van der Waals surface area contributed by atoms with Crippen molar-refractivity contribution in [3.05, 3.63) is 23.1 Å². The summed E-state index contributed by atoms with van der Waals surface area (Å²) in [7, 11) is 1.61. The summed E-state index contributed by atoms with van der Waals surface area (Å²) in [4.78, 5) is 0. The third kappa shape index (κ3) is 1.64. The second-order valence-electron chi connectivity index (χ2n) is 1.72. The molecule has 0 saturated heterocycles. The van der Waals surface area contributed by atoms with Crippen LogP contribution in [0, 0.1) is 0 Å². The van der Waals surface area contributed by atoms with Crippen molar-refractivity contribution in [2.24, 2.45) is 0 Å². The summed E-state index contributed by atoms with van der Waals surface area (Å²) >= 11 is 5.67. The van der Waals surface area contributed by atoms with Crippen LogP contribution in [0.5, 0.6) is 0 Å². The smallest absolute Gasteiger partial charge is 0.135 e. The largest absolute Gasteiger partial charge is 0.495 e. The van der Waals surface area contributed by atoms with Gasteiger partial charge in [-0.15, -0.1) is 0 Å². The van der Waals surface area contributed by atoms with Crippen LogP contribution in [0.1, 0.15) is 0 Å². The molecule has 50 valence electrons. The molecule has 0 saturated carbocycles. The second-order valence-corrected chi connectivity index (χ2v) is 2.21. The highest BCUT2D eigenvalue weighted by Crippen LogP contribution is 2.09. The van der Waals surface area contributed by atoms with Crippen LogP contribution < -0.4 is 5.32 Å². The van der Waals surface area contributed by atoms with Gasteiger partial charge in [0.2, 0.25) is 0 Å². The Balaban J connectivity index is 2.63. The van der Waals surface area contributed by atoms with Gasteiger partial charge in [0, 0.05) is 11.2 Å². The van der Waals surface area contributed by atoms with Crippen molar-refractivity contribution >= 4 is 11.6 Å². The minimum Gasteiger partial charge on any atom is -0.495 e. The number of rotatable bonds is 1. The molecule has 1 aliphatic rings. The first-order chi connectivity index (χ1) is 4.33. The van der Waals surface area contributed by atoms with E-state index >= 15 is 0 Å². The molecule has 1 N–H and O–H groups in total. The first kappa shape index (κ1) is 6.49. The summed E-state index contributed by atoms with van der Waals surface area (Å²) in [5.41, 5.74) is 0. The number of hydrogen-bond acceptors (Lipinski definition) is 2. The maximum Gasteiger partial charge on any atom is 0.135 e. The Morgan fingerprint density at radius 1 is 1.78 bits per heavy atom. The van der Waals surface area contributed by atoms with Crippen molar-refractivity contribution in [3.63, 3.8) is 0 Å². The Morgan fingerprint density at radius 3 is 3.00 bits per heavy atom. The molecule has 0 aliphatic carbocycles. The quantitative estimate of drug-likeness (QED) is 0.599. The zero-order valence-electron chi connectivity index (χ0n) is 5.15. The molecule has 2 nitrogen and oxygen atoms in total. The van der Waals surface area contributed by atoms with Gasteiger partial charge in [0.15, 0.2) is 0 Å². The van der Waals surface area contributed by atoms with Crippen LogP contribution in [-0.4, -0.2) is 13.7 Å². The fraction of sp³-hybridized carbons (Fsp3) is 0.333. The van der Waals surface area contributed by atoms with Crippen LogP contribution in [0.4, 0.5) is 0 Å². The molecule has 9 heavy (non-hydrogen) atoms. The predicted octanol–water partition coefficient (Wildman–Crippen LogP) is 1.20. The molecule has 0 radical (unpaired) electrons. The van der Waals surface area contributed by atoms with Crippen LogP contribution >= 0.6 is 11.6 Å². The van der Waals surface area contributed by atoms with E-state index in [4.69, 9.17) is 16.3 Å². The average Bonchev–Trinajstić information content (AvgIpc) is 1.88. The van der Waals surface area contributed by atoms with E-state index in [9.17, 15) is 0 Å². The van der Waals surface area contributed by atoms with Crippen molar-refractivity contribution in [3.8, 4) is 0 Å². The number of methoxy groups -OCH3 is 1. The summed E-state index contributed by atoms with van der Waals surface area (Å²) in [6.07, 6.45) is 3.57. The van der Waals surface area contributed by atoms with Crippen molar-refractivity contribution in [2.75, 3.05) is 13.7 Å². The molecule has 0 fully saturated rings. The molecule has 0 aromatic carbocycles. The Hall–Kier alpha value is -0.630. The molecular formula is C6H8ClNO. The van der Waals surface area contributed by atoms with Gasteiger partial charge in [0.25, 0.3) is 0 Å². The van der Waals surface area contributed by atoms with Gasteiger partial charge in [-0.2, -0.15) is 0 Å². The lowest BCUT2D eigenvalue weighted by Crippen LogP contribution is -2.12. The Bertz CT molecular complexity index is 162. The summed E-state index contributed by atoms with van der Waals surface area (Å²) in [5, 5.41) is 3.72. The number of dihydropyridines is 1. The topological polar surface area (TPSA) is 21.3 Å². The molecule has 3 heteroatoms. The van der Waals surface area contributed by atoms with Gasteiger partial charge in [0.1, 0.15) is 5.76 Å². The van der Waals surface area contributed by atoms with E-state index in [2.05, 4.69) is 5.32 Å². The first-order valence-electron chi connectivity index (χ1n) is 2.66. The van der Waals surface area contributed by atoms with Gasteiger partial charge in [0.05, 0.1) is 13.7 Å². The highest BCUT2D eigenvalue weighted by atomic mass is 35.5. The van der Waals surface area contributed by atoms with E-state index in [-0.39, 0.29) is 0 Å². The van der Waals surface area contributed by atoms with Crippen LogP contribution in [-0.2, 0) is 4.74 Å². The summed E-state index contributed by atoms with van der Waals surface area (Å²) in [6, 6.07) is 0. The molecule has 1 aliphatic heterocycles. The monoisotopic (exact) mass is 145 g/mol. The number of ether oxygens (including phenoxy) is 1. The third-order valence-corrected chi connectivity index (χ3v) is 1.29. The van der Waals surface area contributed by atoms with Gasteiger partial charge < -0.3 is 10.1 Å². The minimum atomic E-state index is 0.703. The number of nitrogens with one attached hydrogen (secondary N) is 1. The Labute approximate surface area is 59.1 Å². The SMILES string of the molecule is COC1=CNCC(Cl)=C1. The van der Waals surface area contributed by atoms with Gasteiger partial charge >= 0.3 is 0 Å². The van der Waals surface area contributed by atoms with Crippen LogP contribution in [0.2, 0.25) is 0 Å². The number of halogens is 1. The number of allylic oxidation sites excluding steroid dienone is 1. The zero-order chi connectivity index (χ0) is 6.69. The summed E-state index contributed by atoms with van der Waals surface area (Å²) in [5.74, 6) is 0.770. The Kier molecular flexibility index (Phi) is 2.01. The van der Waals surface area contributed by atoms with Gasteiger partial charge in [-0.1, -0.05) is 11.6 Å². The lowest BCUT2D eigenvalue weighted by atomic mass is 10.3. The van der Waals surface area contributed by atoms with E-state index in [0.717, 1.165) is 10.8 Å². The minimum absolute atomic E-state index is 0.703. The standard InChI is InChI=1S/C6H8ClNO/c1-9-6-2-5(7)3-8-4-6/h2,4,8H,3H2,1H3. The van der Waals surface area contributed by atoms with Crippen LogP contribution in [0.25, 0.3) is 0 Å². The molecule has 0 aromatic heterocycles. The average molecular weight is 146 g/mol. The van der Waals surface area contributed by atoms with E-state index < -0.39 is 0 Å². The van der Waals surface area contributed by atoms with Crippen molar-refractivity contribution in [2.45, 2.75) is 0 Å².